The number of aromatic nitrogens is 1. The molecule has 5 rings (SSSR count). The quantitative estimate of drug-likeness (QED) is 0.115. The molecule has 6 nitrogen and oxygen atoms in total. The zero-order chi connectivity index (χ0) is 31.4. The molecule has 0 aliphatic carbocycles. The first-order chi connectivity index (χ1) is 21.9. The second kappa shape index (κ2) is 15.9. The number of nitrogens with zero attached hydrogens (tertiary/aromatic N) is 2. The maximum Gasteiger partial charge on any atom is 0.303 e. The SMILES string of the molecule is CC(C)COc1ccc(CNc2ccc(CCC(=O)O)cc2)cc1CN(CCc1ccccc1)c1nc(-c2ccccc2)cs1. The first-order valence-electron chi connectivity index (χ1n) is 15.5. The monoisotopic (exact) mass is 619 g/mol. The van der Waals surface area contributed by atoms with E-state index in [2.05, 4.69) is 90.1 Å². The number of nitrogens with one attached hydrogen (secondary N) is 1. The second-order valence-electron chi connectivity index (χ2n) is 11.6. The van der Waals surface area contributed by atoms with Crippen LogP contribution in [0.25, 0.3) is 11.3 Å². The number of anilines is 2. The zero-order valence-electron chi connectivity index (χ0n) is 26.0. The number of carboxylic acid groups (broad SMARTS) is 1. The molecule has 45 heavy (non-hydrogen) atoms. The number of carbonyl (C=O) groups is 1. The third kappa shape index (κ3) is 9.68. The summed E-state index contributed by atoms with van der Waals surface area (Å²) in [4.78, 5) is 18.4. The van der Waals surface area contributed by atoms with Crippen LogP contribution >= 0.6 is 11.3 Å². The van der Waals surface area contributed by atoms with Crippen LogP contribution in [0.1, 0.15) is 42.5 Å². The Morgan fingerprint density at radius 2 is 1.58 bits per heavy atom. The number of carboxylic acids is 1. The fourth-order valence-electron chi connectivity index (χ4n) is 5.02. The van der Waals surface area contributed by atoms with Gasteiger partial charge in [0, 0.05) is 48.2 Å². The molecule has 2 N–H and O–H groups in total. The minimum absolute atomic E-state index is 0.137. The van der Waals surface area contributed by atoms with E-state index >= 15 is 0 Å². The molecule has 1 heterocycles. The molecule has 5 aromatic rings. The summed E-state index contributed by atoms with van der Waals surface area (Å²) in [5, 5.41) is 15.6. The molecule has 0 aliphatic rings. The summed E-state index contributed by atoms with van der Waals surface area (Å²) in [7, 11) is 0. The van der Waals surface area contributed by atoms with Gasteiger partial charge in [0.05, 0.1) is 12.3 Å². The Labute approximate surface area is 270 Å². The van der Waals surface area contributed by atoms with E-state index < -0.39 is 5.97 Å². The molecule has 0 saturated heterocycles. The van der Waals surface area contributed by atoms with Crippen molar-refractivity contribution in [3.8, 4) is 17.0 Å². The molecule has 0 fully saturated rings. The lowest BCUT2D eigenvalue weighted by Gasteiger charge is -2.24. The van der Waals surface area contributed by atoms with E-state index in [0.717, 1.165) is 57.5 Å². The molecule has 0 unspecified atom stereocenters. The molecule has 0 aliphatic heterocycles. The van der Waals surface area contributed by atoms with Crippen LogP contribution in [0.3, 0.4) is 0 Å². The summed E-state index contributed by atoms with van der Waals surface area (Å²) < 4.78 is 6.34. The minimum Gasteiger partial charge on any atom is -0.493 e. The molecule has 0 radical (unpaired) electrons. The van der Waals surface area contributed by atoms with E-state index in [1.54, 1.807) is 11.3 Å². The van der Waals surface area contributed by atoms with Crippen LogP contribution in [0, 0.1) is 5.92 Å². The second-order valence-corrected chi connectivity index (χ2v) is 12.5. The van der Waals surface area contributed by atoms with Crippen molar-refractivity contribution >= 4 is 28.1 Å². The average Bonchev–Trinajstić information content (AvgIpc) is 3.56. The summed E-state index contributed by atoms with van der Waals surface area (Å²) in [6.07, 6.45) is 1.58. The Kier molecular flexibility index (Phi) is 11.2. The molecule has 0 atom stereocenters. The first kappa shape index (κ1) is 31.8. The normalized spacial score (nSPS) is 11.0. The number of hydrogen-bond donors (Lipinski definition) is 2. The molecule has 7 heteroatoms. The minimum atomic E-state index is -0.779. The van der Waals surface area contributed by atoms with E-state index in [0.29, 0.717) is 32.0 Å². The number of aliphatic carboxylic acids is 1. The van der Waals surface area contributed by atoms with Crippen molar-refractivity contribution in [3.63, 3.8) is 0 Å². The largest absolute Gasteiger partial charge is 0.493 e. The first-order valence-corrected chi connectivity index (χ1v) is 16.4. The van der Waals surface area contributed by atoms with E-state index in [9.17, 15) is 4.79 Å². The van der Waals surface area contributed by atoms with Gasteiger partial charge in [-0.2, -0.15) is 0 Å². The van der Waals surface area contributed by atoms with Gasteiger partial charge >= 0.3 is 5.97 Å². The van der Waals surface area contributed by atoms with Crippen LogP contribution in [0.5, 0.6) is 5.75 Å². The highest BCUT2D eigenvalue weighted by Crippen LogP contribution is 2.31. The van der Waals surface area contributed by atoms with Gasteiger partial charge in [-0.25, -0.2) is 4.98 Å². The van der Waals surface area contributed by atoms with Gasteiger partial charge in [0.2, 0.25) is 0 Å². The van der Waals surface area contributed by atoms with Gasteiger partial charge in [-0.15, -0.1) is 11.3 Å². The van der Waals surface area contributed by atoms with Gasteiger partial charge in [0.1, 0.15) is 5.75 Å². The molecule has 0 spiro atoms. The average molecular weight is 620 g/mol. The maximum atomic E-state index is 10.9. The summed E-state index contributed by atoms with van der Waals surface area (Å²) in [5.41, 5.74) is 7.70. The van der Waals surface area contributed by atoms with Gasteiger partial charge < -0.3 is 20.1 Å². The smallest absolute Gasteiger partial charge is 0.303 e. The third-order valence-electron chi connectivity index (χ3n) is 7.48. The number of benzene rings is 4. The summed E-state index contributed by atoms with van der Waals surface area (Å²) in [5.74, 6) is 0.540. The lowest BCUT2D eigenvalue weighted by molar-refractivity contribution is -0.136. The molecular weight excluding hydrogens is 579 g/mol. The van der Waals surface area contributed by atoms with Crippen molar-refractivity contribution in [2.75, 3.05) is 23.4 Å². The number of aryl methyl sites for hydroxylation is 1. The highest BCUT2D eigenvalue weighted by atomic mass is 32.1. The van der Waals surface area contributed by atoms with Gasteiger partial charge in [-0.3, -0.25) is 4.79 Å². The topological polar surface area (TPSA) is 74.7 Å². The van der Waals surface area contributed by atoms with Gasteiger partial charge in [-0.1, -0.05) is 92.7 Å². The Hall–Kier alpha value is -4.62. The third-order valence-corrected chi connectivity index (χ3v) is 8.38. The summed E-state index contributed by atoms with van der Waals surface area (Å²) in [6, 6.07) is 35.4. The van der Waals surface area contributed by atoms with Gasteiger partial charge in [-0.05, 0) is 59.7 Å². The van der Waals surface area contributed by atoms with Crippen molar-refractivity contribution in [2.24, 2.45) is 5.92 Å². The Balaban J connectivity index is 1.37. The van der Waals surface area contributed by atoms with E-state index in [1.165, 1.54) is 5.56 Å². The van der Waals surface area contributed by atoms with Crippen molar-refractivity contribution in [1.82, 2.24) is 4.98 Å². The number of hydrogen-bond acceptors (Lipinski definition) is 6. The fourth-order valence-corrected chi connectivity index (χ4v) is 5.88. The maximum absolute atomic E-state index is 10.9. The molecular formula is C38H41N3O3S. The summed E-state index contributed by atoms with van der Waals surface area (Å²) >= 11 is 1.68. The molecule has 232 valence electrons. The van der Waals surface area contributed by atoms with Crippen molar-refractivity contribution in [2.45, 2.75) is 46.2 Å². The number of rotatable bonds is 16. The molecule has 1 aromatic heterocycles. The van der Waals surface area contributed by atoms with Crippen molar-refractivity contribution in [1.29, 1.82) is 0 Å². The lowest BCUT2D eigenvalue weighted by Crippen LogP contribution is -2.26. The van der Waals surface area contributed by atoms with Crippen LogP contribution in [-0.4, -0.2) is 29.2 Å². The number of thiazole rings is 1. The highest BCUT2D eigenvalue weighted by Gasteiger charge is 2.17. The van der Waals surface area contributed by atoms with Crippen LogP contribution in [-0.2, 0) is 30.7 Å². The summed E-state index contributed by atoms with van der Waals surface area (Å²) in [6.45, 7) is 7.14. The Bertz CT molecular complexity index is 1640. The molecule has 0 amide bonds. The predicted octanol–water partition coefficient (Wildman–Crippen LogP) is 8.72. The predicted molar refractivity (Wildman–Crippen MR) is 185 cm³/mol. The fraction of sp³-hybridized carbons (Fsp3) is 0.263. The van der Waals surface area contributed by atoms with Gasteiger partial charge in [0.15, 0.2) is 5.13 Å². The number of ether oxygens (including phenoxy) is 1. The van der Waals surface area contributed by atoms with Gasteiger partial charge in [0.25, 0.3) is 0 Å². The van der Waals surface area contributed by atoms with Crippen LogP contribution in [0.4, 0.5) is 10.8 Å². The highest BCUT2D eigenvalue weighted by molar-refractivity contribution is 7.14. The van der Waals surface area contributed by atoms with Crippen molar-refractivity contribution < 1.29 is 14.6 Å². The van der Waals surface area contributed by atoms with E-state index in [-0.39, 0.29) is 6.42 Å². The van der Waals surface area contributed by atoms with Crippen LogP contribution in [0.15, 0.2) is 109 Å². The standard InChI is InChI=1S/C38H41N3O3S/c1-28(2)26-44-36-19-15-31(24-39-34-17-13-30(14-18-34)16-20-37(42)43)23-33(36)25-41(22-21-29-9-5-3-6-10-29)38-40-35(27-45-38)32-11-7-4-8-12-32/h3-15,17-19,23,27-28,39H,16,20-22,24-26H2,1-2H3,(H,42,43). The Morgan fingerprint density at radius 3 is 2.29 bits per heavy atom. The van der Waals surface area contributed by atoms with Crippen LogP contribution in [0.2, 0.25) is 0 Å². The Morgan fingerprint density at radius 1 is 0.889 bits per heavy atom. The molecule has 4 aromatic carbocycles. The lowest BCUT2D eigenvalue weighted by atomic mass is 10.1. The van der Waals surface area contributed by atoms with E-state index in [4.69, 9.17) is 14.8 Å². The van der Waals surface area contributed by atoms with Crippen molar-refractivity contribution in [3.05, 3.63) is 131 Å². The zero-order valence-corrected chi connectivity index (χ0v) is 26.8. The molecule has 0 bridgehead atoms. The van der Waals surface area contributed by atoms with E-state index in [1.807, 2.05) is 42.5 Å². The van der Waals surface area contributed by atoms with Crippen LogP contribution < -0.4 is 15.0 Å². The molecule has 0 saturated carbocycles.